The number of rotatable bonds is 6. The van der Waals surface area contributed by atoms with Crippen molar-refractivity contribution < 1.29 is 14.0 Å². The predicted molar refractivity (Wildman–Crippen MR) is 61.9 cm³/mol. The first-order chi connectivity index (χ1) is 5.87. The van der Waals surface area contributed by atoms with Crippen LogP contribution in [0.2, 0.25) is 0 Å². The van der Waals surface area contributed by atoms with E-state index in [9.17, 15) is 4.57 Å². The molecule has 0 saturated heterocycles. The van der Waals surface area contributed by atoms with Crippen molar-refractivity contribution in [3.63, 3.8) is 0 Å². The van der Waals surface area contributed by atoms with Gasteiger partial charge < -0.3 is 9.42 Å². The van der Waals surface area contributed by atoms with E-state index in [4.69, 9.17) is 9.42 Å². The lowest BCUT2D eigenvalue weighted by Crippen LogP contribution is -2.18. The van der Waals surface area contributed by atoms with Crippen molar-refractivity contribution in [2.24, 2.45) is 0 Å². The van der Waals surface area contributed by atoms with Crippen LogP contribution in [0.15, 0.2) is 12.7 Å². The molecule has 0 aromatic rings. The van der Waals surface area contributed by atoms with Crippen LogP contribution in [0, 0.1) is 0 Å². The summed E-state index contributed by atoms with van der Waals surface area (Å²) in [4.78, 5) is 9.02. The molecular weight excluding hydrogens is 323 g/mol. The summed E-state index contributed by atoms with van der Waals surface area (Å²) in [5.41, 5.74) is 0. The molecule has 0 fully saturated rings. The molecule has 3 nitrogen and oxygen atoms in total. The molecule has 78 valence electrons. The third kappa shape index (κ3) is 7.89. The van der Waals surface area contributed by atoms with Crippen molar-refractivity contribution in [3.05, 3.63) is 12.7 Å². The Labute approximate surface area is 95.3 Å². The summed E-state index contributed by atoms with van der Waals surface area (Å²) in [5.74, 6) is 0. The zero-order valence-corrected chi connectivity index (χ0v) is 11.4. The van der Waals surface area contributed by atoms with Gasteiger partial charge in [-0.2, -0.15) is 0 Å². The van der Waals surface area contributed by atoms with Crippen LogP contribution in [-0.4, -0.2) is 27.8 Å². The van der Waals surface area contributed by atoms with Crippen molar-refractivity contribution in [1.29, 1.82) is 0 Å². The molecule has 0 aliphatic rings. The Hall–Kier alpha value is 0.850. The van der Waals surface area contributed by atoms with Crippen LogP contribution in [0.1, 0.15) is 6.42 Å². The Bertz CT molecular complexity index is 204. The van der Waals surface area contributed by atoms with Gasteiger partial charge in [0.2, 0.25) is 0 Å². The van der Waals surface area contributed by atoms with Gasteiger partial charge in [-0.1, -0.05) is 37.9 Å². The summed E-state index contributed by atoms with van der Waals surface area (Å²) < 4.78 is 15.5. The maximum atomic E-state index is 10.8. The fourth-order valence-electron chi connectivity index (χ4n) is 0.621. The minimum atomic E-state index is -3.35. The second-order valence-corrected chi connectivity index (χ2v) is 6.87. The summed E-state index contributed by atoms with van der Waals surface area (Å²) in [6, 6.07) is 0. The summed E-state index contributed by atoms with van der Waals surface area (Å²) in [6.07, 6.45) is 2.55. The van der Waals surface area contributed by atoms with Crippen molar-refractivity contribution in [3.8, 4) is 0 Å². The molecule has 0 saturated carbocycles. The molecule has 1 N–H and O–H groups in total. The van der Waals surface area contributed by atoms with E-state index in [1.54, 1.807) is 6.08 Å². The zero-order chi connectivity index (χ0) is 10.5. The molecule has 0 bridgehead atoms. The normalized spacial score (nSPS) is 20.3. The van der Waals surface area contributed by atoms with Crippen molar-refractivity contribution in [2.75, 3.05) is 13.3 Å². The van der Waals surface area contributed by atoms with Crippen LogP contribution in [0.25, 0.3) is 0 Å². The van der Waals surface area contributed by atoms with E-state index in [0.29, 0.717) is 0 Å². The van der Waals surface area contributed by atoms with Gasteiger partial charge in [0.15, 0.2) is 0 Å². The van der Waals surface area contributed by atoms with E-state index < -0.39 is 7.60 Å². The minimum Gasteiger partial charge on any atom is -0.324 e. The fraction of sp³-hybridized carbons (Fsp3) is 0.714. The Morgan fingerprint density at radius 1 is 1.62 bits per heavy atom. The van der Waals surface area contributed by atoms with E-state index in [1.165, 1.54) is 6.66 Å². The molecule has 0 rings (SSSR count). The van der Waals surface area contributed by atoms with E-state index >= 15 is 0 Å². The minimum absolute atomic E-state index is 0.00549. The number of allylic oxidation sites excluding steroid dienone is 1. The van der Waals surface area contributed by atoms with Gasteiger partial charge in [-0.05, 0) is 6.42 Å². The van der Waals surface area contributed by atoms with E-state index in [1.807, 2.05) is 0 Å². The van der Waals surface area contributed by atoms with Crippen LogP contribution in [-0.2, 0) is 9.09 Å². The van der Waals surface area contributed by atoms with Gasteiger partial charge in [-0.3, -0.25) is 4.57 Å². The first kappa shape index (κ1) is 13.8. The van der Waals surface area contributed by atoms with Gasteiger partial charge >= 0.3 is 7.60 Å². The molecule has 3 unspecified atom stereocenters. The standard InChI is InChI=1S/C7H13Br2O3P/c1-3-4-6(8)7(9)5-12-13(2,10)11/h3,6-7H,1,4-5H2,2H3,(H,10,11). The molecule has 0 amide bonds. The Kier molecular flexibility index (Phi) is 6.77. The molecule has 0 aromatic heterocycles. The summed E-state index contributed by atoms with van der Waals surface area (Å²) in [7, 11) is -3.35. The highest BCUT2D eigenvalue weighted by Gasteiger charge is 2.18. The molecular formula is C7H13Br2O3P. The fourth-order valence-corrected chi connectivity index (χ4v) is 2.03. The largest absolute Gasteiger partial charge is 0.325 e. The Balaban J connectivity index is 3.80. The van der Waals surface area contributed by atoms with E-state index in [0.717, 1.165) is 6.42 Å². The van der Waals surface area contributed by atoms with Crippen LogP contribution >= 0.6 is 39.5 Å². The zero-order valence-electron chi connectivity index (χ0n) is 7.32. The van der Waals surface area contributed by atoms with Crippen molar-refractivity contribution in [1.82, 2.24) is 0 Å². The first-order valence-electron chi connectivity index (χ1n) is 3.70. The lowest BCUT2D eigenvalue weighted by Gasteiger charge is -2.16. The second-order valence-electron chi connectivity index (χ2n) is 2.66. The molecule has 13 heavy (non-hydrogen) atoms. The average molecular weight is 336 g/mol. The van der Waals surface area contributed by atoms with E-state index in [-0.39, 0.29) is 16.3 Å². The second kappa shape index (κ2) is 6.36. The lowest BCUT2D eigenvalue weighted by molar-refractivity contribution is 0.265. The highest BCUT2D eigenvalue weighted by molar-refractivity contribution is 9.12. The average Bonchev–Trinajstić information content (AvgIpc) is 1.99. The quantitative estimate of drug-likeness (QED) is 0.461. The maximum Gasteiger partial charge on any atom is 0.325 e. The smallest absolute Gasteiger partial charge is 0.324 e. The maximum absolute atomic E-state index is 10.8. The number of hydrogen-bond acceptors (Lipinski definition) is 2. The summed E-state index contributed by atoms with van der Waals surface area (Å²) >= 11 is 6.75. The third-order valence-corrected chi connectivity index (χ3v) is 4.51. The molecule has 0 aliphatic heterocycles. The lowest BCUT2D eigenvalue weighted by atomic mass is 10.2. The topological polar surface area (TPSA) is 46.5 Å². The Morgan fingerprint density at radius 3 is 2.54 bits per heavy atom. The highest BCUT2D eigenvalue weighted by Crippen LogP contribution is 2.37. The molecule has 6 heteroatoms. The van der Waals surface area contributed by atoms with Crippen LogP contribution in [0.4, 0.5) is 0 Å². The molecule has 0 radical (unpaired) electrons. The molecule has 0 spiro atoms. The number of alkyl halides is 2. The number of halogens is 2. The van der Waals surface area contributed by atoms with Crippen molar-refractivity contribution >= 4 is 39.5 Å². The van der Waals surface area contributed by atoms with Crippen LogP contribution in [0.3, 0.4) is 0 Å². The van der Waals surface area contributed by atoms with Crippen molar-refractivity contribution in [2.45, 2.75) is 16.1 Å². The third-order valence-electron chi connectivity index (χ3n) is 1.26. The Morgan fingerprint density at radius 2 is 2.15 bits per heavy atom. The van der Waals surface area contributed by atoms with Crippen LogP contribution < -0.4 is 0 Å². The molecule has 0 heterocycles. The first-order valence-corrected chi connectivity index (χ1v) is 7.56. The molecule has 0 aliphatic carbocycles. The summed E-state index contributed by atoms with van der Waals surface area (Å²) in [5, 5.41) is 0. The predicted octanol–water partition coefficient (Wildman–Crippen LogP) is 2.92. The summed E-state index contributed by atoms with van der Waals surface area (Å²) in [6.45, 7) is 4.97. The van der Waals surface area contributed by atoms with Crippen LogP contribution in [0.5, 0.6) is 0 Å². The molecule has 3 atom stereocenters. The van der Waals surface area contributed by atoms with Gasteiger partial charge in [-0.25, -0.2) is 0 Å². The van der Waals surface area contributed by atoms with Gasteiger partial charge in [-0.15, -0.1) is 6.58 Å². The van der Waals surface area contributed by atoms with Gasteiger partial charge in [0, 0.05) is 11.5 Å². The van der Waals surface area contributed by atoms with Gasteiger partial charge in [0.1, 0.15) is 0 Å². The monoisotopic (exact) mass is 334 g/mol. The highest BCUT2D eigenvalue weighted by atomic mass is 79.9. The number of hydrogen-bond donors (Lipinski definition) is 1. The molecule has 0 aromatic carbocycles. The van der Waals surface area contributed by atoms with Gasteiger partial charge in [0.25, 0.3) is 0 Å². The van der Waals surface area contributed by atoms with E-state index in [2.05, 4.69) is 38.4 Å². The SMILES string of the molecule is C=CCC(Br)C(Br)COP(C)(=O)O. The van der Waals surface area contributed by atoms with Gasteiger partial charge in [0.05, 0.1) is 11.4 Å².